The van der Waals surface area contributed by atoms with E-state index in [4.69, 9.17) is 20.9 Å². The highest BCUT2D eigenvalue weighted by Gasteiger charge is 2.59. The van der Waals surface area contributed by atoms with Gasteiger partial charge in [0.1, 0.15) is 23.3 Å². The van der Waals surface area contributed by atoms with Crippen LogP contribution in [-0.4, -0.2) is 71.5 Å². The molecule has 10 N–H and O–H groups in total. The number of anilines is 2. The van der Waals surface area contributed by atoms with Gasteiger partial charge < -0.3 is 51.1 Å². The molecule has 0 heterocycles. The Labute approximate surface area is 284 Å². The van der Waals surface area contributed by atoms with Crippen LogP contribution in [0.1, 0.15) is 65.5 Å². The molecule has 0 unspecified atom stereocenters. The molecule has 0 saturated carbocycles. The second-order valence-corrected chi connectivity index (χ2v) is 17.8. The first-order valence-corrected chi connectivity index (χ1v) is 18.3. The number of amides is 2. The van der Waals surface area contributed by atoms with Gasteiger partial charge in [-0.05, 0) is 76.9 Å². The second-order valence-electron chi connectivity index (χ2n) is 13.6. The van der Waals surface area contributed by atoms with E-state index in [1.807, 2.05) is 0 Å². The van der Waals surface area contributed by atoms with Gasteiger partial charge in [-0.2, -0.15) is 0 Å². The van der Waals surface area contributed by atoms with E-state index in [0.717, 1.165) is 0 Å². The zero-order valence-corrected chi connectivity index (χ0v) is 30.0. The van der Waals surface area contributed by atoms with Gasteiger partial charge in [-0.3, -0.25) is 28.3 Å². The normalized spacial score (nSPS) is 14.0. The lowest BCUT2D eigenvalue weighted by atomic mass is 10.0. The minimum Gasteiger partial charge on any atom is -0.459 e. The first-order valence-electron chi connectivity index (χ1n) is 15.1. The predicted octanol–water partition coefficient (Wildman–Crippen LogP) is 2.52. The molecule has 2 aromatic rings. The Morgan fingerprint density at radius 1 is 0.633 bits per heavy atom. The molecule has 16 nitrogen and oxygen atoms in total. The van der Waals surface area contributed by atoms with Crippen molar-refractivity contribution in [3.63, 3.8) is 0 Å². The molecule has 0 aliphatic carbocycles. The molecular weight excluding hydrogens is 682 g/mol. The van der Waals surface area contributed by atoms with E-state index >= 15 is 0 Å². The summed E-state index contributed by atoms with van der Waals surface area (Å²) in [7, 11) is -11.1. The maximum atomic E-state index is 12.8. The van der Waals surface area contributed by atoms with E-state index in [2.05, 4.69) is 10.6 Å². The molecular formula is C31H46N4O12P2. The molecule has 0 fully saturated rings. The summed E-state index contributed by atoms with van der Waals surface area (Å²) >= 11 is 0. The van der Waals surface area contributed by atoms with Crippen LogP contribution in [0.5, 0.6) is 0 Å². The summed E-state index contributed by atoms with van der Waals surface area (Å²) in [5.41, 5.74) is 10.7. The molecule has 18 heteroatoms. The Bertz CT molecular complexity index is 1470. The highest BCUT2D eigenvalue weighted by Crippen LogP contribution is 2.71. The highest BCUT2D eigenvalue weighted by molar-refractivity contribution is 7.72. The SMILES string of the molecule is CC(C)(C)OC(=O)[C@@H](N)CC(=O)Nc1ccc(CC(Cc2ccc(NC(=O)C[C@H](N)C(=O)OC(C)(C)C)cc2)(P(=O)(O)O)P(=O)(O)O)cc1. The van der Waals surface area contributed by atoms with Crippen LogP contribution in [0.3, 0.4) is 0 Å². The van der Waals surface area contributed by atoms with Gasteiger partial charge in [0.25, 0.3) is 0 Å². The van der Waals surface area contributed by atoms with Crippen molar-refractivity contribution in [1.82, 2.24) is 0 Å². The fourth-order valence-electron chi connectivity index (χ4n) is 4.45. The molecule has 0 aliphatic heterocycles. The van der Waals surface area contributed by atoms with Crippen LogP contribution in [0.25, 0.3) is 0 Å². The van der Waals surface area contributed by atoms with Gasteiger partial charge in [0, 0.05) is 24.2 Å². The smallest absolute Gasteiger partial charge is 0.344 e. The third-order valence-electron chi connectivity index (χ3n) is 6.76. The maximum absolute atomic E-state index is 12.8. The summed E-state index contributed by atoms with van der Waals surface area (Å²) in [5, 5.41) is 5.06. The van der Waals surface area contributed by atoms with Crippen molar-refractivity contribution in [2.45, 2.75) is 95.4 Å². The van der Waals surface area contributed by atoms with Gasteiger partial charge in [0.05, 0.1) is 12.8 Å². The summed E-state index contributed by atoms with van der Waals surface area (Å²) in [6.07, 6.45) is -2.28. The van der Waals surface area contributed by atoms with Crippen molar-refractivity contribution in [1.29, 1.82) is 0 Å². The number of nitrogens with one attached hydrogen (secondary N) is 2. The molecule has 0 saturated heterocycles. The van der Waals surface area contributed by atoms with Crippen molar-refractivity contribution in [2.24, 2.45) is 11.5 Å². The number of carbonyl (C=O) groups is 4. The van der Waals surface area contributed by atoms with Gasteiger partial charge in [-0.1, -0.05) is 24.3 Å². The fourth-order valence-corrected chi connectivity index (χ4v) is 7.37. The first kappa shape index (κ1) is 41.7. The van der Waals surface area contributed by atoms with Gasteiger partial charge >= 0.3 is 27.1 Å². The molecule has 0 aromatic heterocycles. The Balaban J connectivity index is 2.19. The highest BCUT2D eigenvalue weighted by atomic mass is 31.2. The Morgan fingerprint density at radius 3 is 1.16 bits per heavy atom. The molecule has 49 heavy (non-hydrogen) atoms. The van der Waals surface area contributed by atoms with E-state index in [1.54, 1.807) is 41.5 Å². The standard InChI is InChI=1S/C31H46N4O12P2/c1-29(2,3)46-27(38)23(32)15-25(36)34-21-11-7-19(8-12-21)17-31(48(40,41)42,49(43,44)45)18-20-9-13-22(14-10-20)35-26(37)16-24(33)28(39)47-30(4,5)6/h7-14,23-24H,15-18,32-33H2,1-6H3,(H,34,36)(H,35,37)(H2,40,41,42)(H2,43,44,45)/t23-,24-/m0/s1. The molecule has 2 aromatic carbocycles. The lowest BCUT2D eigenvalue weighted by Gasteiger charge is -2.35. The summed E-state index contributed by atoms with van der Waals surface area (Å²) in [4.78, 5) is 87.5. The summed E-state index contributed by atoms with van der Waals surface area (Å²) < 4.78 is 35.9. The number of nitrogens with two attached hydrogens (primary N) is 2. The zero-order chi connectivity index (χ0) is 37.6. The molecule has 0 aliphatic rings. The third-order valence-corrected chi connectivity index (χ3v) is 11.1. The predicted molar refractivity (Wildman–Crippen MR) is 181 cm³/mol. The number of hydrogen-bond donors (Lipinski definition) is 8. The van der Waals surface area contributed by atoms with E-state index in [-0.39, 0.29) is 22.5 Å². The third kappa shape index (κ3) is 13.1. The number of carbonyl (C=O) groups excluding carboxylic acids is 4. The summed E-state index contributed by atoms with van der Waals surface area (Å²) in [6, 6.07) is 8.36. The lowest BCUT2D eigenvalue weighted by molar-refractivity contribution is -0.158. The largest absolute Gasteiger partial charge is 0.459 e. The van der Waals surface area contributed by atoms with Gasteiger partial charge in [0.2, 0.25) is 11.8 Å². The average molecular weight is 729 g/mol. The molecule has 0 bridgehead atoms. The number of ether oxygens (including phenoxy) is 2. The van der Waals surface area contributed by atoms with Crippen molar-refractivity contribution in [3.05, 3.63) is 59.7 Å². The maximum Gasteiger partial charge on any atom is 0.344 e. The van der Waals surface area contributed by atoms with Gasteiger partial charge in [-0.15, -0.1) is 0 Å². The second kappa shape index (κ2) is 16.0. The van der Waals surface area contributed by atoms with Gasteiger partial charge in [-0.25, -0.2) is 0 Å². The van der Waals surface area contributed by atoms with E-state index in [1.165, 1.54) is 48.5 Å². The number of esters is 2. The van der Waals surface area contributed by atoms with Crippen molar-refractivity contribution >= 4 is 50.3 Å². The summed E-state index contributed by atoms with van der Waals surface area (Å²) in [6.45, 7) is 9.92. The molecule has 272 valence electrons. The average Bonchev–Trinajstić information content (AvgIpc) is 2.91. The Hall–Kier alpha value is -3.46. The van der Waals surface area contributed by atoms with E-state index < -0.39 is 92.8 Å². The Kier molecular flexibility index (Phi) is 13.7. The monoisotopic (exact) mass is 728 g/mol. The first-order chi connectivity index (χ1) is 22.2. The van der Waals surface area contributed by atoms with Crippen LogP contribution < -0.4 is 22.1 Å². The van der Waals surface area contributed by atoms with Crippen LogP contribution in [0.2, 0.25) is 0 Å². The molecule has 0 spiro atoms. The topological polar surface area (TPSA) is 278 Å². The zero-order valence-electron chi connectivity index (χ0n) is 28.2. The molecule has 2 rings (SSSR count). The minimum atomic E-state index is -5.53. The Morgan fingerprint density at radius 2 is 0.918 bits per heavy atom. The lowest BCUT2D eigenvalue weighted by Crippen LogP contribution is -2.39. The summed E-state index contributed by atoms with van der Waals surface area (Å²) in [5.74, 6) is -2.75. The van der Waals surface area contributed by atoms with Crippen LogP contribution in [0.4, 0.5) is 11.4 Å². The van der Waals surface area contributed by atoms with Crippen LogP contribution in [-0.2, 0) is 50.6 Å². The molecule has 2 amide bonds. The fraction of sp³-hybridized carbons (Fsp3) is 0.484. The van der Waals surface area contributed by atoms with Crippen LogP contribution >= 0.6 is 15.2 Å². The molecule has 2 atom stereocenters. The van der Waals surface area contributed by atoms with E-state index in [9.17, 15) is 47.9 Å². The number of benzene rings is 2. The van der Waals surface area contributed by atoms with Crippen LogP contribution in [0.15, 0.2) is 48.5 Å². The van der Waals surface area contributed by atoms with Gasteiger partial charge in [0.15, 0.2) is 4.90 Å². The molecule has 0 radical (unpaired) electrons. The van der Waals surface area contributed by atoms with Crippen molar-refractivity contribution in [3.8, 4) is 0 Å². The van der Waals surface area contributed by atoms with Crippen LogP contribution in [0, 0.1) is 0 Å². The van der Waals surface area contributed by atoms with E-state index in [0.29, 0.717) is 0 Å². The number of hydrogen-bond acceptors (Lipinski definition) is 10. The quantitative estimate of drug-likeness (QED) is 0.103. The van der Waals surface area contributed by atoms with Crippen molar-refractivity contribution in [2.75, 3.05) is 10.6 Å². The number of rotatable bonds is 14. The van der Waals surface area contributed by atoms with Crippen molar-refractivity contribution < 1.29 is 57.4 Å². The minimum absolute atomic E-state index is 0.139.